The lowest BCUT2D eigenvalue weighted by molar-refractivity contribution is -0.138. The maximum Gasteiger partial charge on any atom is 0.315 e. The Morgan fingerprint density at radius 1 is 1.07 bits per heavy atom. The van der Waals surface area contributed by atoms with Gasteiger partial charge in [-0.2, -0.15) is 0 Å². The highest BCUT2D eigenvalue weighted by Crippen LogP contribution is 2.38. The fourth-order valence-corrected chi connectivity index (χ4v) is 4.59. The molecule has 2 N–H and O–H groups in total. The Kier molecular flexibility index (Phi) is 7.40. The SMILES string of the molecule is CN(C)C(=O)C1(CNC(=O)NCc2cccc(OC3CCCCC3)c2)CCCC1. The average Bonchev–Trinajstić information content (AvgIpc) is 3.21. The lowest BCUT2D eigenvalue weighted by Crippen LogP contribution is -2.48. The van der Waals surface area contributed by atoms with Crippen molar-refractivity contribution in [2.45, 2.75) is 70.4 Å². The van der Waals surface area contributed by atoms with Crippen LogP contribution in [0.3, 0.4) is 0 Å². The number of nitrogens with zero attached hydrogens (tertiary/aromatic N) is 1. The highest BCUT2D eigenvalue weighted by Gasteiger charge is 2.42. The lowest BCUT2D eigenvalue weighted by Gasteiger charge is -2.30. The number of ether oxygens (including phenoxy) is 1. The molecule has 0 bridgehead atoms. The van der Waals surface area contributed by atoms with Crippen molar-refractivity contribution in [3.05, 3.63) is 29.8 Å². The highest BCUT2D eigenvalue weighted by molar-refractivity contribution is 5.84. The van der Waals surface area contributed by atoms with E-state index < -0.39 is 5.41 Å². The Morgan fingerprint density at radius 3 is 2.48 bits per heavy atom. The van der Waals surface area contributed by atoms with Gasteiger partial charge >= 0.3 is 6.03 Å². The van der Waals surface area contributed by atoms with Gasteiger partial charge in [-0.3, -0.25) is 4.79 Å². The van der Waals surface area contributed by atoms with E-state index in [0.717, 1.165) is 49.8 Å². The molecule has 0 radical (unpaired) electrons. The Hall–Kier alpha value is -2.24. The van der Waals surface area contributed by atoms with Crippen LogP contribution in [-0.4, -0.2) is 43.6 Å². The van der Waals surface area contributed by atoms with E-state index in [1.165, 1.54) is 19.3 Å². The van der Waals surface area contributed by atoms with Gasteiger partial charge in [0.1, 0.15) is 5.75 Å². The van der Waals surface area contributed by atoms with Crippen LogP contribution in [0.1, 0.15) is 63.4 Å². The molecule has 1 aromatic rings. The summed E-state index contributed by atoms with van der Waals surface area (Å²) in [5.74, 6) is 0.987. The molecule has 2 aliphatic rings. The molecular weight excluding hydrogens is 366 g/mol. The highest BCUT2D eigenvalue weighted by atomic mass is 16.5. The van der Waals surface area contributed by atoms with Crippen LogP contribution in [0, 0.1) is 5.41 Å². The largest absolute Gasteiger partial charge is 0.490 e. The van der Waals surface area contributed by atoms with Crippen molar-refractivity contribution in [2.24, 2.45) is 5.41 Å². The quantitative estimate of drug-likeness (QED) is 0.729. The monoisotopic (exact) mass is 401 g/mol. The molecule has 1 aromatic carbocycles. The van der Waals surface area contributed by atoms with Crippen molar-refractivity contribution in [2.75, 3.05) is 20.6 Å². The van der Waals surface area contributed by atoms with Crippen molar-refractivity contribution in [3.63, 3.8) is 0 Å². The molecule has 0 atom stereocenters. The fraction of sp³-hybridized carbons (Fsp3) is 0.652. The summed E-state index contributed by atoms with van der Waals surface area (Å²) >= 11 is 0. The zero-order chi connectivity index (χ0) is 20.7. The van der Waals surface area contributed by atoms with Crippen molar-refractivity contribution in [1.82, 2.24) is 15.5 Å². The molecule has 2 fully saturated rings. The van der Waals surface area contributed by atoms with Crippen LogP contribution in [0.2, 0.25) is 0 Å². The van der Waals surface area contributed by atoms with Crippen LogP contribution < -0.4 is 15.4 Å². The van der Waals surface area contributed by atoms with E-state index in [1.807, 2.05) is 24.3 Å². The molecule has 0 spiro atoms. The number of rotatable bonds is 7. The molecule has 6 heteroatoms. The molecule has 2 aliphatic carbocycles. The number of hydrogen-bond donors (Lipinski definition) is 2. The van der Waals surface area contributed by atoms with Gasteiger partial charge in [-0.1, -0.05) is 31.4 Å². The molecule has 3 amide bonds. The van der Waals surface area contributed by atoms with Crippen LogP contribution in [0.4, 0.5) is 4.79 Å². The Morgan fingerprint density at radius 2 is 1.79 bits per heavy atom. The summed E-state index contributed by atoms with van der Waals surface area (Å²) in [7, 11) is 3.57. The third-order valence-electron chi connectivity index (χ3n) is 6.21. The topological polar surface area (TPSA) is 70.7 Å². The van der Waals surface area contributed by atoms with Gasteiger partial charge in [-0.15, -0.1) is 0 Å². The summed E-state index contributed by atoms with van der Waals surface area (Å²) in [6.45, 7) is 0.822. The van der Waals surface area contributed by atoms with Crippen LogP contribution in [0.5, 0.6) is 5.75 Å². The zero-order valence-corrected chi connectivity index (χ0v) is 17.8. The van der Waals surface area contributed by atoms with E-state index in [1.54, 1.807) is 19.0 Å². The summed E-state index contributed by atoms with van der Waals surface area (Å²) < 4.78 is 6.11. The number of benzene rings is 1. The zero-order valence-electron chi connectivity index (χ0n) is 17.8. The van der Waals surface area contributed by atoms with Crippen LogP contribution in [0.25, 0.3) is 0 Å². The Bertz CT molecular complexity index is 692. The minimum Gasteiger partial charge on any atom is -0.490 e. The molecule has 6 nitrogen and oxygen atoms in total. The first-order valence-electron chi connectivity index (χ1n) is 11.0. The first-order chi connectivity index (χ1) is 14.0. The maximum atomic E-state index is 12.6. The number of nitrogens with one attached hydrogen (secondary N) is 2. The second kappa shape index (κ2) is 9.99. The Balaban J connectivity index is 1.47. The number of carbonyl (C=O) groups is 2. The van der Waals surface area contributed by atoms with Gasteiger partial charge in [-0.05, 0) is 56.2 Å². The van der Waals surface area contributed by atoms with Crippen LogP contribution in [-0.2, 0) is 11.3 Å². The maximum absolute atomic E-state index is 12.6. The second-order valence-corrected chi connectivity index (χ2v) is 8.75. The fourth-order valence-electron chi connectivity index (χ4n) is 4.59. The number of hydrogen-bond acceptors (Lipinski definition) is 3. The van der Waals surface area contributed by atoms with Gasteiger partial charge < -0.3 is 20.3 Å². The summed E-state index contributed by atoms with van der Waals surface area (Å²) in [4.78, 5) is 26.6. The molecule has 0 aromatic heterocycles. The molecule has 0 saturated heterocycles. The molecule has 160 valence electrons. The summed E-state index contributed by atoms with van der Waals surface area (Å²) in [6.07, 6.45) is 10.1. The van der Waals surface area contributed by atoms with Crippen molar-refractivity contribution in [1.29, 1.82) is 0 Å². The predicted octanol–water partition coefficient (Wildman–Crippen LogP) is 3.85. The normalized spacial score (nSPS) is 18.8. The van der Waals surface area contributed by atoms with E-state index >= 15 is 0 Å². The van der Waals surface area contributed by atoms with Crippen molar-refractivity contribution in [3.8, 4) is 5.75 Å². The van der Waals surface area contributed by atoms with Gasteiger partial charge in [0.15, 0.2) is 0 Å². The van der Waals surface area contributed by atoms with E-state index in [4.69, 9.17) is 4.74 Å². The van der Waals surface area contributed by atoms with E-state index in [2.05, 4.69) is 10.6 Å². The molecule has 0 heterocycles. The van der Waals surface area contributed by atoms with Gasteiger partial charge in [0.05, 0.1) is 11.5 Å². The van der Waals surface area contributed by atoms with E-state index in [9.17, 15) is 9.59 Å². The number of carbonyl (C=O) groups excluding carboxylic acids is 2. The smallest absolute Gasteiger partial charge is 0.315 e. The molecule has 3 rings (SSSR count). The second-order valence-electron chi connectivity index (χ2n) is 8.75. The minimum absolute atomic E-state index is 0.114. The van der Waals surface area contributed by atoms with E-state index in [-0.39, 0.29) is 11.9 Å². The van der Waals surface area contributed by atoms with Gasteiger partial charge in [0.2, 0.25) is 5.91 Å². The predicted molar refractivity (Wildman–Crippen MR) is 114 cm³/mol. The lowest BCUT2D eigenvalue weighted by atomic mass is 9.84. The third-order valence-corrected chi connectivity index (χ3v) is 6.21. The molecular formula is C23H35N3O3. The first-order valence-corrected chi connectivity index (χ1v) is 11.0. The summed E-state index contributed by atoms with van der Waals surface area (Å²) in [5, 5.41) is 5.83. The third kappa shape index (κ3) is 5.87. The molecule has 0 unspecified atom stereocenters. The van der Waals surface area contributed by atoms with Gasteiger partial charge in [-0.25, -0.2) is 4.79 Å². The molecule has 0 aliphatic heterocycles. The van der Waals surface area contributed by atoms with Crippen molar-refractivity contribution < 1.29 is 14.3 Å². The van der Waals surface area contributed by atoms with Crippen molar-refractivity contribution >= 4 is 11.9 Å². The first kappa shape index (κ1) is 21.5. The number of urea groups is 1. The summed E-state index contributed by atoms with van der Waals surface area (Å²) in [5.41, 5.74) is 0.558. The summed E-state index contributed by atoms with van der Waals surface area (Å²) in [6, 6.07) is 7.71. The van der Waals surface area contributed by atoms with E-state index in [0.29, 0.717) is 19.2 Å². The standard InChI is InChI=1S/C23H35N3O3/c1-26(2)21(27)23(13-6-7-14-23)17-25-22(28)24-16-18-9-8-12-20(15-18)29-19-10-4-3-5-11-19/h8-9,12,15,19H,3-7,10-11,13-14,16-17H2,1-2H3,(H2,24,25,28). The minimum atomic E-state index is -0.450. The average molecular weight is 402 g/mol. The van der Waals surface area contributed by atoms with Gasteiger partial charge in [0, 0.05) is 27.2 Å². The number of amides is 3. The molecule has 2 saturated carbocycles. The van der Waals surface area contributed by atoms with Gasteiger partial charge in [0.25, 0.3) is 0 Å². The van der Waals surface area contributed by atoms with Crippen LogP contribution in [0.15, 0.2) is 24.3 Å². The van der Waals surface area contributed by atoms with Crippen LogP contribution >= 0.6 is 0 Å². The Labute approximate surface area is 174 Å². The molecule has 29 heavy (non-hydrogen) atoms.